The Balaban J connectivity index is 1.42. The van der Waals surface area contributed by atoms with Gasteiger partial charge in [-0.1, -0.05) is 32.1 Å². The number of amides is 2. The molecule has 3 aliphatic rings. The minimum atomic E-state index is -0.920. The quantitative estimate of drug-likeness (QED) is 0.768. The summed E-state index contributed by atoms with van der Waals surface area (Å²) in [4.78, 5) is 31.7. The summed E-state index contributed by atoms with van der Waals surface area (Å²) in [6.45, 7) is 5.94. The number of rotatable bonds is 5. The van der Waals surface area contributed by atoms with Crippen molar-refractivity contribution in [2.45, 2.75) is 82.8 Å². The van der Waals surface area contributed by atoms with Gasteiger partial charge in [0, 0.05) is 31.3 Å². The number of aromatic nitrogens is 1. The molecule has 1 aliphatic carbocycles. The zero-order valence-corrected chi connectivity index (χ0v) is 19.3. The number of fused-ring (bicyclic) bond motifs is 3. The van der Waals surface area contributed by atoms with Crippen molar-refractivity contribution in [1.82, 2.24) is 19.7 Å². The maximum Gasteiger partial charge on any atom is 0.271 e. The normalized spacial score (nSPS) is 25.7. The third-order valence-corrected chi connectivity index (χ3v) is 7.82. The number of hydrogen-bond acceptors (Lipinski definition) is 4. The lowest BCUT2D eigenvalue weighted by atomic mass is 9.91. The minimum absolute atomic E-state index is 0.0235. The van der Waals surface area contributed by atoms with Gasteiger partial charge in [0.25, 0.3) is 5.91 Å². The second-order valence-corrected chi connectivity index (χ2v) is 10.1. The second-order valence-electron chi connectivity index (χ2n) is 10.1. The van der Waals surface area contributed by atoms with E-state index in [1.54, 1.807) is 6.26 Å². The van der Waals surface area contributed by atoms with Crippen molar-refractivity contribution in [1.29, 1.82) is 0 Å². The number of hydrogen-bond donors (Lipinski definition) is 1. The lowest BCUT2D eigenvalue weighted by Crippen LogP contribution is -2.65. The van der Waals surface area contributed by atoms with E-state index in [9.17, 15) is 9.59 Å². The molecule has 2 amide bonds. The molecule has 5 rings (SSSR count). The van der Waals surface area contributed by atoms with E-state index in [1.807, 2.05) is 28.5 Å². The topological polar surface area (TPSA) is 70.7 Å². The molecule has 2 fully saturated rings. The highest BCUT2D eigenvalue weighted by Gasteiger charge is 2.48. The first-order valence-electron chi connectivity index (χ1n) is 12.5. The van der Waals surface area contributed by atoms with Crippen LogP contribution in [0.2, 0.25) is 0 Å². The third kappa shape index (κ3) is 3.96. The van der Waals surface area contributed by atoms with Crippen LogP contribution >= 0.6 is 0 Å². The van der Waals surface area contributed by atoms with Crippen molar-refractivity contribution in [3.63, 3.8) is 0 Å². The van der Waals surface area contributed by atoms with E-state index in [0.717, 1.165) is 50.8 Å². The lowest BCUT2D eigenvalue weighted by molar-refractivity contribution is -0.133. The summed E-state index contributed by atoms with van der Waals surface area (Å²) in [7, 11) is 0. The summed E-state index contributed by atoms with van der Waals surface area (Å²) < 4.78 is 7.55. The zero-order valence-electron chi connectivity index (χ0n) is 19.3. The van der Waals surface area contributed by atoms with Crippen molar-refractivity contribution >= 4 is 22.9 Å². The largest absolute Gasteiger partial charge is 0.463 e. The Morgan fingerprint density at radius 3 is 2.56 bits per heavy atom. The molecule has 0 bridgehead atoms. The van der Waals surface area contributed by atoms with Crippen LogP contribution in [-0.4, -0.2) is 63.9 Å². The van der Waals surface area contributed by atoms with Gasteiger partial charge in [0.15, 0.2) is 5.58 Å². The van der Waals surface area contributed by atoms with Crippen LogP contribution in [0.5, 0.6) is 0 Å². The molecule has 174 valence electrons. The van der Waals surface area contributed by atoms with Crippen molar-refractivity contribution in [3.05, 3.63) is 24.1 Å². The summed E-state index contributed by atoms with van der Waals surface area (Å²) in [6.07, 6.45) is 12.3. The van der Waals surface area contributed by atoms with Gasteiger partial charge in [-0.2, -0.15) is 0 Å². The van der Waals surface area contributed by atoms with Gasteiger partial charge < -0.3 is 24.1 Å². The Hall–Kier alpha value is -2.28. The average molecular weight is 441 g/mol. The highest BCUT2D eigenvalue weighted by molar-refractivity contribution is 6.02. The zero-order chi connectivity index (χ0) is 22.1. The fraction of sp³-hybridized carbons (Fsp3) is 0.680. The van der Waals surface area contributed by atoms with E-state index in [-0.39, 0.29) is 17.9 Å². The molecule has 1 saturated heterocycles. The molecule has 0 radical (unpaired) electrons. The van der Waals surface area contributed by atoms with Gasteiger partial charge in [-0.15, -0.1) is 0 Å². The highest BCUT2D eigenvalue weighted by atomic mass is 16.3. The van der Waals surface area contributed by atoms with Crippen LogP contribution in [0.1, 0.15) is 75.2 Å². The molecular weight excluding hydrogens is 404 g/mol. The standard InChI is InChI=1S/C25H36N4O3/c1-25(24(31)26-19-9-5-4-6-10-19)18-28-20-11-16-32-22(20)17-21(28)23(30)29(25)15-14-27-12-7-2-3-8-13-27/h11,16-17,19H,2-10,12-15,18H2,1H3,(H,26,31)/t25-/m1/s1. The molecule has 1 N–H and O–H groups in total. The van der Waals surface area contributed by atoms with Crippen LogP contribution in [0.4, 0.5) is 0 Å². The molecular formula is C25H36N4O3. The Bertz CT molecular complexity index is 965. The molecule has 1 saturated carbocycles. The lowest BCUT2D eigenvalue weighted by Gasteiger charge is -2.45. The summed E-state index contributed by atoms with van der Waals surface area (Å²) >= 11 is 0. The van der Waals surface area contributed by atoms with Gasteiger partial charge in [0.05, 0.1) is 18.3 Å². The molecule has 1 atom stereocenters. The van der Waals surface area contributed by atoms with Crippen molar-refractivity contribution < 1.29 is 14.0 Å². The monoisotopic (exact) mass is 440 g/mol. The van der Waals surface area contributed by atoms with Gasteiger partial charge >= 0.3 is 0 Å². The molecule has 2 aliphatic heterocycles. The van der Waals surface area contributed by atoms with Crippen LogP contribution < -0.4 is 5.32 Å². The molecule has 2 aromatic rings. The fourth-order valence-corrected chi connectivity index (χ4v) is 5.81. The molecule has 0 aromatic carbocycles. The maximum atomic E-state index is 13.7. The molecule has 7 heteroatoms. The molecule has 32 heavy (non-hydrogen) atoms. The predicted molar refractivity (Wildman–Crippen MR) is 124 cm³/mol. The van der Waals surface area contributed by atoms with E-state index in [4.69, 9.17) is 4.42 Å². The van der Waals surface area contributed by atoms with E-state index < -0.39 is 5.54 Å². The van der Waals surface area contributed by atoms with Gasteiger partial charge in [-0.3, -0.25) is 9.59 Å². The molecule has 2 aromatic heterocycles. The van der Waals surface area contributed by atoms with Gasteiger partial charge in [-0.05, 0) is 45.7 Å². The molecule has 0 unspecified atom stereocenters. The van der Waals surface area contributed by atoms with Crippen molar-refractivity contribution in [2.24, 2.45) is 0 Å². The highest BCUT2D eigenvalue weighted by Crippen LogP contribution is 2.33. The molecule has 4 heterocycles. The maximum absolute atomic E-state index is 13.7. The SMILES string of the molecule is C[C@]1(C(=O)NC2CCCCC2)Cn2c(cc3occc32)C(=O)N1CCN1CCCCCC1. The molecule has 7 nitrogen and oxygen atoms in total. The Labute approximate surface area is 190 Å². The number of furan rings is 1. The Morgan fingerprint density at radius 1 is 1.09 bits per heavy atom. The summed E-state index contributed by atoms with van der Waals surface area (Å²) in [6, 6.07) is 3.93. The number of likely N-dealkylation sites (tertiary alicyclic amines) is 1. The van der Waals surface area contributed by atoms with E-state index >= 15 is 0 Å². The first-order chi connectivity index (χ1) is 15.6. The molecule has 0 spiro atoms. The van der Waals surface area contributed by atoms with Crippen LogP contribution in [0, 0.1) is 0 Å². The van der Waals surface area contributed by atoms with Crippen LogP contribution in [0.3, 0.4) is 0 Å². The van der Waals surface area contributed by atoms with Crippen LogP contribution in [-0.2, 0) is 11.3 Å². The summed E-state index contributed by atoms with van der Waals surface area (Å²) in [5.74, 6) is -0.0941. The minimum Gasteiger partial charge on any atom is -0.463 e. The predicted octanol–water partition coefficient (Wildman–Crippen LogP) is 3.77. The smallest absolute Gasteiger partial charge is 0.271 e. The number of nitrogens with one attached hydrogen (secondary N) is 1. The first kappa shape index (κ1) is 21.6. The third-order valence-electron chi connectivity index (χ3n) is 7.82. The number of carbonyl (C=O) groups is 2. The first-order valence-corrected chi connectivity index (χ1v) is 12.5. The van der Waals surface area contributed by atoms with Crippen molar-refractivity contribution in [3.8, 4) is 0 Å². The van der Waals surface area contributed by atoms with Crippen LogP contribution in [0.15, 0.2) is 22.8 Å². The van der Waals surface area contributed by atoms with E-state index in [1.165, 1.54) is 32.1 Å². The second kappa shape index (κ2) is 8.93. The Kier molecular flexibility index (Phi) is 6.01. The van der Waals surface area contributed by atoms with Crippen molar-refractivity contribution in [2.75, 3.05) is 26.2 Å². The van der Waals surface area contributed by atoms with E-state index in [0.29, 0.717) is 24.4 Å². The van der Waals surface area contributed by atoms with Gasteiger partial charge in [0.2, 0.25) is 5.91 Å². The number of nitrogens with zero attached hydrogens (tertiary/aromatic N) is 3. The van der Waals surface area contributed by atoms with Gasteiger partial charge in [0.1, 0.15) is 11.2 Å². The van der Waals surface area contributed by atoms with Gasteiger partial charge in [-0.25, -0.2) is 0 Å². The Morgan fingerprint density at radius 2 is 1.81 bits per heavy atom. The fourth-order valence-electron chi connectivity index (χ4n) is 5.81. The van der Waals surface area contributed by atoms with Crippen LogP contribution in [0.25, 0.3) is 11.1 Å². The summed E-state index contributed by atoms with van der Waals surface area (Å²) in [5, 5.41) is 3.31. The average Bonchev–Trinajstić information content (AvgIpc) is 3.28. The number of carbonyl (C=O) groups excluding carboxylic acids is 2. The van der Waals surface area contributed by atoms with E-state index in [2.05, 4.69) is 10.2 Å². The summed E-state index contributed by atoms with van der Waals surface area (Å²) in [5.41, 5.74) is 1.30.